The van der Waals surface area contributed by atoms with E-state index in [0.717, 1.165) is 5.56 Å². The molecule has 2 aromatic heterocycles. The van der Waals surface area contributed by atoms with Crippen LogP contribution >= 0.6 is 0 Å². The van der Waals surface area contributed by atoms with Crippen LogP contribution in [0.4, 0.5) is 11.8 Å². The van der Waals surface area contributed by atoms with Crippen molar-refractivity contribution in [3.05, 3.63) is 80.3 Å². The number of carbonyl (C=O) groups is 1. The number of methoxy groups -OCH3 is 2. The Labute approximate surface area is 225 Å². The van der Waals surface area contributed by atoms with Crippen molar-refractivity contribution in [3.63, 3.8) is 0 Å². The fourth-order valence-electron chi connectivity index (χ4n) is 4.67. The van der Waals surface area contributed by atoms with Gasteiger partial charge in [-0.05, 0) is 49.2 Å². The zero-order valence-corrected chi connectivity index (χ0v) is 22.2. The predicted octanol–water partition coefficient (Wildman–Crippen LogP) is 3.24. The Morgan fingerprint density at radius 3 is 2.49 bits per heavy atom. The van der Waals surface area contributed by atoms with Crippen LogP contribution in [0.1, 0.15) is 52.2 Å². The number of carboxylic acids is 1. The number of benzene rings is 2. The summed E-state index contributed by atoms with van der Waals surface area (Å²) in [5.74, 6) is 6.27. The lowest BCUT2D eigenvalue weighted by Crippen LogP contribution is -2.24. The van der Waals surface area contributed by atoms with Crippen LogP contribution in [0, 0.1) is 11.8 Å². The number of hydrogen-bond acceptors (Lipinski definition) is 8. The predicted molar refractivity (Wildman–Crippen MR) is 149 cm³/mol. The quantitative estimate of drug-likeness (QED) is 0.307. The molecule has 0 aliphatic heterocycles. The van der Waals surface area contributed by atoms with E-state index in [9.17, 15) is 14.7 Å². The first kappa shape index (κ1) is 27.0. The standard InChI is InChI=1S/C29H29N5O5/c1-5-21-24(28(36)37)25(35)20-13-16(8-10-22(20)34(21)6-2)7-9-18-11-17(14-23(38-3)26(18)39-4)12-19-15-32-29(31)33-27(19)30/h8,10-11,13-15H,5-6,12H2,1-4H3,(H,36,37)(H4,30,31,32,33). The highest BCUT2D eigenvalue weighted by Crippen LogP contribution is 2.33. The fourth-order valence-corrected chi connectivity index (χ4v) is 4.67. The Balaban J connectivity index is 1.83. The molecule has 0 spiro atoms. The lowest BCUT2D eigenvalue weighted by Gasteiger charge is -2.17. The first-order chi connectivity index (χ1) is 18.7. The van der Waals surface area contributed by atoms with Gasteiger partial charge in [-0.3, -0.25) is 4.79 Å². The van der Waals surface area contributed by atoms with E-state index in [2.05, 4.69) is 21.8 Å². The van der Waals surface area contributed by atoms with Crippen molar-refractivity contribution in [1.29, 1.82) is 0 Å². The highest BCUT2D eigenvalue weighted by Gasteiger charge is 2.20. The van der Waals surface area contributed by atoms with E-state index in [4.69, 9.17) is 20.9 Å². The summed E-state index contributed by atoms with van der Waals surface area (Å²) < 4.78 is 13.0. The third-order valence-corrected chi connectivity index (χ3v) is 6.43. The molecule has 0 aliphatic rings. The molecule has 0 fully saturated rings. The number of aromatic carboxylic acids is 1. The molecule has 0 amide bonds. The SMILES string of the molecule is CCc1c(C(=O)O)c(=O)c2cc(C#Cc3cc(Cc4cnc(N)nc4N)cc(OC)c3OC)ccc2n1CC. The molecular weight excluding hydrogens is 498 g/mol. The molecule has 200 valence electrons. The fraction of sp³-hybridized carbons (Fsp3) is 0.241. The molecule has 10 heteroatoms. The van der Waals surface area contributed by atoms with Crippen LogP contribution in [-0.4, -0.2) is 39.8 Å². The molecule has 0 aliphatic carbocycles. The monoisotopic (exact) mass is 527 g/mol. The number of nitrogens with two attached hydrogens (primary N) is 2. The number of nitrogen functional groups attached to an aromatic ring is 2. The van der Waals surface area contributed by atoms with Crippen molar-refractivity contribution in [2.75, 3.05) is 25.7 Å². The van der Waals surface area contributed by atoms with E-state index in [0.29, 0.717) is 64.2 Å². The smallest absolute Gasteiger partial charge is 0.341 e. The summed E-state index contributed by atoms with van der Waals surface area (Å²) in [6.07, 6.45) is 2.41. The number of aryl methyl sites for hydroxylation is 1. The van der Waals surface area contributed by atoms with Gasteiger partial charge in [0.1, 0.15) is 11.4 Å². The van der Waals surface area contributed by atoms with Crippen molar-refractivity contribution >= 4 is 28.6 Å². The summed E-state index contributed by atoms with van der Waals surface area (Å²) in [7, 11) is 3.06. The average Bonchev–Trinajstić information content (AvgIpc) is 2.92. The van der Waals surface area contributed by atoms with E-state index in [1.54, 1.807) is 24.4 Å². The number of fused-ring (bicyclic) bond motifs is 1. The van der Waals surface area contributed by atoms with Crippen molar-refractivity contribution in [1.82, 2.24) is 14.5 Å². The van der Waals surface area contributed by atoms with Gasteiger partial charge in [0.2, 0.25) is 11.4 Å². The van der Waals surface area contributed by atoms with Gasteiger partial charge < -0.3 is 30.6 Å². The molecule has 39 heavy (non-hydrogen) atoms. The Kier molecular flexibility index (Phi) is 7.72. The Hall–Kier alpha value is -5.04. The summed E-state index contributed by atoms with van der Waals surface area (Å²) >= 11 is 0. The third kappa shape index (κ3) is 5.20. The van der Waals surface area contributed by atoms with Gasteiger partial charge in [-0.1, -0.05) is 18.8 Å². The van der Waals surface area contributed by atoms with Crippen LogP contribution in [0.15, 0.2) is 41.3 Å². The molecule has 0 bridgehead atoms. The number of ether oxygens (including phenoxy) is 2. The molecule has 4 aromatic rings. The van der Waals surface area contributed by atoms with Crippen molar-refractivity contribution in [2.24, 2.45) is 0 Å². The molecule has 4 rings (SSSR count). The third-order valence-electron chi connectivity index (χ3n) is 6.43. The number of rotatable bonds is 7. The van der Waals surface area contributed by atoms with Gasteiger partial charge in [-0.2, -0.15) is 4.98 Å². The summed E-state index contributed by atoms with van der Waals surface area (Å²) in [4.78, 5) is 33.2. The molecule has 0 radical (unpaired) electrons. The van der Waals surface area contributed by atoms with Crippen LogP contribution in [0.5, 0.6) is 11.5 Å². The average molecular weight is 528 g/mol. The van der Waals surface area contributed by atoms with E-state index in [-0.39, 0.29) is 17.3 Å². The van der Waals surface area contributed by atoms with Gasteiger partial charge >= 0.3 is 5.97 Å². The zero-order valence-electron chi connectivity index (χ0n) is 22.2. The van der Waals surface area contributed by atoms with Gasteiger partial charge in [0.05, 0.1) is 25.3 Å². The highest BCUT2D eigenvalue weighted by atomic mass is 16.5. The van der Waals surface area contributed by atoms with Gasteiger partial charge in [-0.25, -0.2) is 9.78 Å². The molecule has 0 unspecified atom stereocenters. The van der Waals surface area contributed by atoms with Crippen molar-refractivity contribution < 1.29 is 19.4 Å². The van der Waals surface area contributed by atoms with Crippen molar-refractivity contribution in [2.45, 2.75) is 33.2 Å². The van der Waals surface area contributed by atoms with Gasteiger partial charge in [-0.15, -0.1) is 0 Å². The maximum Gasteiger partial charge on any atom is 0.341 e. The van der Waals surface area contributed by atoms with E-state index >= 15 is 0 Å². The maximum absolute atomic E-state index is 13.2. The van der Waals surface area contributed by atoms with Crippen LogP contribution in [0.25, 0.3) is 10.9 Å². The first-order valence-corrected chi connectivity index (χ1v) is 12.3. The van der Waals surface area contributed by atoms with Gasteiger partial charge in [0.25, 0.3) is 0 Å². The number of hydrogen-bond donors (Lipinski definition) is 3. The molecule has 2 aromatic carbocycles. The van der Waals surface area contributed by atoms with E-state index in [1.165, 1.54) is 14.2 Å². The number of aromatic nitrogens is 3. The lowest BCUT2D eigenvalue weighted by atomic mass is 10.0. The number of anilines is 2. The van der Waals surface area contributed by atoms with Crippen LogP contribution in [0.2, 0.25) is 0 Å². The van der Waals surface area contributed by atoms with Crippen LogP contribution in [0.3, 0.4) is 0 Å². The molecule has 10 nitrogen and oxygen atoms in total. The molecular formula is C29H29N5O5. The Morgan fingerprint density at radius 1 is 1.10 bits per heavy atom. The molecule has 0 saturated carbocycles. The number of pyridine rings is 1. The van der Waals surface area contributed by atoms with Crippen molar-refractivity contribution in [3.8, 4) is 23.3 Å². The second-order valence-corrected chi connectivity index (χ2v) is 8.73. The van der Waals surface area contributed by atoms with E-state index < -0.39 is 11.4 Å². The summed E-state index contributed by atoms with van der Waals surface area (Å²) in [6, 6.07) is 8.91. The largest absolute Gasteiger partial charge is 0.493 e. The van der Waals surface area contributed by atoms with E-state index in [1.807, 2.05) is 30.5 Å². The minimum Gasteiger partial charge on any atom is -0.493 e. The molecule has 2 heterocycles. The summed E-state index contributed by atoms with van der Waals surface area (Å²) in [5.41, 5.74) is 14.7. The molecule has 0 atom stereocenters. The minimum atomic E-state index is -1.24. The number of nitrogens with zero attached hydrogens (tertiary/aromatic N) is 3. The molecule has 5 N–H and O–H groups in total. The maximum atomic E-state index is 13.2. The van der Waals surface area contributed by atoms with Crippen LogP contribution < -0.4 is 26.4 Å². The van der Waals surface area contributed by atoms with Gasteiger partial charge in [0.15, 0.2) is 11.5 Å². The topological polar surface area (TPSA) is 156 Å². The molecule has 0 saturated heterocycles. The summed E-state index contributed by atoms with van der Waals surface area (Å²) in [6.45, 7) is 4.28. The Bertz CT molecular complexity index is 1720. The van der Waals surface area contributed by atoms with Gasteiger partial charge in [0, 0.05) is 41.4 Å². The second-order valence-electron chi connectivity index (χ2n) is 8.73. The lowest BCUT2D eigenvalue weighted by molar-refractivity contribution is 0.0693. The second kappa shape index (κ2) is 11.1. The zero-order chi connectivity index (χ0) is 28.3. The first-order valence-electron chi connectivity index (χ1n) is 12.3. The highest BCUT2D eigenvalue weighted by molar-refractivity contribution is 5.94. The normalized spacial score (nSPS) is 10.7. The number of carboxylic acid groups (broad SMARTS) is 1. The van der Waals surface area contributed by atoms with Crippen LogP contribution in [-0.2, 0) is 19.4 Å². The summed E-state index contributed by atoms with van der Waals surface area (Å²) in [5, 5.41) is 10.1. The Morgan fingerprint density at radius 2 is 1.87 bits per heavy atom. The minimum absolute atomic E-state index is 0.0950.